The van der Waals surface area contributed by atoms with Gasteiger partial charge < -0.3 is 9.47 Å². The molecule has 1 saturated heterocycles. The molecule has 0 aliphatic carbocycles. The minimum absolute atomic E-state index is 0.0570. The summed E-state index contributed by atoms with van der Waals surface area (Å²) in [6, 6.07) is 25.4. The Morgan fingerprint density at radius 1 is 0.938 bits per heavy atom. The van der Waals surface area contributed by atoms with Gasteiger partial charge in [0.1, 0.15) is 11.5 Å². The lowest BCUT2D eigenvalue weighted by Crippen LogP contribution is -2.31. The van der Waals surface area contributed by atoms with E-state index in [4.69, 9.17) is 14.5 Å². The first-order valence-corrected chi connectivity index (χ1v) is 11.1. The van der Waals surface area contributed by atoms with Crippen LogP contribution in [0.3, 0.4) is 0 Å². The fourth-order valence-electron chi connectivity index (χ4n) is 3.37. The molecule has 1 aliphatic heterocycles. The zero-order valence-electron chi connectivity index (χ0n) is 18.0. The van der Waals surface area contributed by atoms with Crippen LogP contribution in [0.4, 0.5) is 5.69 Å². The van der Waals surface area contributed by atoms with E-state index in [1.165, 1.54) is 17.3 Å². The van der Waals surface area contributed by atoms with Gasteiger partial charge in [0.05, 0.1) is 24.8 Å². The zero-order chi connectivity index (χ0) is 22.3. The molecule has 0 saturated carbocycles. The van der Waals surface area contributed by atoms with E-state index in [2.05, 4.69) is 12.1 Å². The van der Waals surface area contributed by atoms with Gasteiger partial charge in [-0.05, 0) is 54.1 Å². The van der Waals surface area contributed by atoms with Crippen molar-refractivity contribution in [3.8, 4) is 11.5 Å². The molecular formula is C26H24N2O3S. The summed E-state index contributed by atoms with van der Waals surface area (Å²) in [7, 11) is 3.22. The summed E-state index contributed by atoms with van der Waals surface area (Å²) < 4.78 is 10.8. The number of benzene rings is 3. The lowest BCUT2D eigenvalue weighted by molar-refractivity contribution is -0.122. The standard InChI is InChI=1S/C26H24N2O3S/c1-30-22-14-13-20(23(18-22)31-2)17-24-25(29)28(16-15-19-9-5-3-6-10-19)26(32-24)27-21-11-7-4-8-12-21/h3-14,17-18H,15-16H2,1-2H3/b24-17-,27-26?. The fourth-order valence-corrected chi connectivity index (χ4v) is 4.38. The number of nitrogens with zero attached hydrogens (tertiary/aromatic N) is 2. The minimum Gasteiger partial charge on any atom is -0.497 e. The number of aliphatic imine (C=N–C) groups is 1. The highest BCUT2D eigenvalue weighted by Crippen LogP contribution is 2.36. The van der Waals surface area contributed by atoms with Crippen LogP contribution in [0.2, 0.25) is 0 Å². The maximum atomic E-state index is 13.3. The van der Waals surface area contributed by atoms with Crippen molar-refractivity contribution in [2.24, 2.45) is 4.99 Å². The lowest BCUT2D eigenvalue weighted by atomic mass is 10.1. The van der Waals surface area contributed by atoms with Crippen molar-refractivity contribution >= 4 is 34.6 Å². The predicted molar refractivity (Wildman–Crippen MR) is 131 cm³/mol. The molecule has 1 heterocycles. The van der Waals surface area contributed by atoms with E-state index in [0.29, 0.717) is 28.1 Å². The maximum Gasteiger partial charge on any atom is 0.266 e. The SMILES string of the molecule is COc1ccc(/C=C2\SC(=Nc3ccccc3)N(CCc3ccccc3)C2=O)c(OC)c1. The molecular weight excluding hydrogens is 420 g/mol. The predicted octanol–water partition coefficient (Wildman–Crippen LogP) is 5.55. The Bertz CT molecular complexity index is 1140. The average Bonchev–Trinajstić information content (AvgIpc) is 3.12. The Kier molecular flexibility index (Phi) is 6.92. The Morgan fingerprint density at radius 3 is 2.34 bits per heavy atom. The summed E-state index contributed by atoms with van der Waals surface area (Å²) in [5, 5.41) is 0.677. The molecule has 1 aliphatic rings. The highest BCUT2D eigenvalue weighted by Gasteiger charge is 2.33. The average molecular weight is 445 g/mol. The number of thioether (sulfide) groups is 1. The third-order valence-corrected chi connectivity index (χ3v) is 6.07. The van der Waals surface area contributed by atoms with Crippen LogP contribution in [0, 0.1) is 0 Å². The molecule has 0 spiro atoms. The Balaban J connectivity index is 1.65. The van der Waals surface area contributed by atoms with Crippen molar-refractivity contribution in [3.63, 3.8) is 0 Å². The molecule has 1 fully saturated rings. The number of hydrogen-bond acceptors (Lipinski definition) is 5. The second-order valence-corrected chi connectivity index (χ2v) is 8.15. The summed E-state index contributed by atoms with van der Waals surface area (Å²) in [6.45, 7) is 0.554. The van der Waals surface area contributed by atoms with Gasteiger partial charge in [-0.3, -0.25) is 9.69 Å². The van der Waals surface area contributed by atoms with Gasteiger partial charge in [0, 0.05) is 18.2 Å². The molecule has 6 heteroatoms. The molecule has 162 valence electrons. The Morgan fingerprint density at radius 2 is 1.66 bits per heavy atom. The maximum absolute atomic E-state index is 13.3. The Hall–Kier alpha value is -3.51. The smallest absolute Gasteiger partial charge is 0.266 e. The highest BCUT2D eigenvalue weighted by atomic mass is 32.2. The van der Waals surface area contributed by atoms with Crippen LogP contribution >= 0.6 is 11.8 Å². The van der Waals surface area contributed by atoms with Crippen molar-refractivity contribution < 1.29 is 14.3 Å². The highest BCUT2D eigenvalue weighted by molar-refractivity contribution is 8.18. The van der Waals surface area contributed by atoms with Gasteiger partial charge in [-0.1, -0.05) is 48.5 Å². The molecule has 5 nitrogen and oxygen atoms in total. The van der Waals surface area contributed by atoms with Gasteiger partial charge in [-0.15, -0.1) is 0 Å². The molecule has 0 N–H and O–H groups in total. The number of carbonyl (C=O) groups excluding carboxylic acids is 1. The number of para-hydroxylation sites is 1. The molecule has 3 aromatic rings. The van der Waals surface area contributed by atoms with Crippen LogP contribution < -0.4 is 9.47 Å². The normalized spacial score (nSPS) is 16.1. The fraction of sp³-hybridized carbons (Fsp3) is 0.154. The molecule has 0 aromatic heterocycles. The van der Waals surface area contributed by atoms with E-state index >= 15 is 0 Å². The van der Waals surface area contributed by atoms with Crippen molar-refractivity contribution in [2.45, 2.75) is 6.42 Å². The van der Waals surface area contributed by atoms with Crippen molar-refractivity contribution in [2.75, 3.05) is 20.8 Å². The second kappa shape index (κ2) is 10.2. The molecule has 0 unspecified atom stereocenters. The van der Waals surface area contributed by atoms with Crippen molar-refractivity contribution in [3.05, 3.63) is 94.9 Å². The molecule has 0 atom stereocenters. The van der Waals surface area contributed by atoms with Crippen LogP contribution in [-0.2, 0) is 11.2 Å². The second-order valence-electron chi connectivity index (χ2n) is 7.14. The number of methoxy groups -OCH3 is 2. The largest absolute Gasteiger partial charge is 0.497 e. The summed E-state index contributed by atoms with van der Waals surface area (Å²) >= 11 is 1.38. The molecule has 0 radical (unpaired) electrons. The van der Waals surface area contributed by atoms with Crippen LogP contribution in [0.15, 0.2) is 88.8 Å². The summed E-state index contributed by atoms with van der Waals surface area (Å²) in [5.41, 5.74) is 2.81. The monoisotopic (exact) mass is 444 g/mol. The quantitative estimate of drug-likeness (QED) is 0.448. The number of rotatable bonds is 7. The number of ether oxygens (including phenoxy) is 2. The molecule has 32 heavy (non-hydrogen) atoms. The first-order valence-electron chi connectivity index (χ1n) is 10.3. The van der Waals surface area contributed by atoms with Crippen LogP contribution in [0.1, 0.15) is 11.1 Å². The van der Waals surface area contributed by atoms with E-state index in [9.17, 15) is 4.79 Å². The number of amidine groups is 1. The van der Waals surface area contributed by atoms with Gasteiger partial charge in [-0.25, -0.2) is 4.99 Å². The summed E-state index contributed by atoms with van der Waals surface area (Å²) in [4.78, 5) is 20.5. The lowest BCUT2D eigenvalue weighted by Gasteiger charge is -2.15. The van der Waals surface area contributed by atoms with Crippen LogP contribution in [0.5, 0.6) is 11.5 Å². The van der Waals surface area contributed by atoms with Gasteiger partial charge in [0.15, 0.2) is 5.17 Å². The van der Waals surface area contributed by atoms with Crippen molar-refractivity contribution in [1.29, 1.82) is 0 Å². The number of carbonyl (C=O) groups is 1. The molecule has 3 aromatic carbocycles. The van der Waals surface area contributed by atoms with E-state index in [-0.39, 0.29) is 5.91 Å². The van der Waals surface area contributed by atoms with Gasteiger partial charge in [-0.2, -0.15) is 0 Å². The topological polar surface area (TPSA) is 51.1 Å². The van der Waals surface area contributed by atoms with Crippen LogP contribution in [-0.4, -0.2) is 36.7 Å². The third kappa shape index (κ3) is 5.03. The van der Waals surface area contributed by atoms with Gasteiger partial charge in [0.2, 0.25) is 0 Å². The Labute approximate surface area is 192 Å². The van der Waals surface area contributed by atoms with E-state index in [0.717, 1.165) is 17.7 Å². The molecule has 1 amide bonds. The zero-order valence-corrected chi connectivity index (χ0v) is 18.8. The minimum atomic E-state index is -0.0570. The summed E-state index contributed by atoms with van der Waals surface area (Å²) in [5.74, 6) is 1.29. The number of hydrogen-bond donors (Lipinski definition) is 0. The van der Waals surface area contributed by atoms with Crippen LogP contribution in [0.25, 0.3) is 6.08 Å². The van der Waals surface area contributed by atoms with Gasteiger partial charge >= 0.3 is 0 Å². The number of amides is 1. The van der Waals surface area contributed by atoms with Crippen molar-refractivity contribution in [1.82, 2.24) is 4.90 Å². The van der Waals surface area contributed by atoms with Gasteiger partial charge in [0.25, 0.3) is 5.91 Å². The molecule has 4 rings (SSSR count). The van der Waals surface area contributed by atoms with E-state index in [1.54, 1.807) is 19.1 Å². The first kappa shape index (κ1) is 21.7. The van der Waals surface area contributed by atoms with E-state index < -0.39 is 0 Å². The first-order chi connectivity index (χ1) is 15.7. The molecule has 0 bridgehead atoms. The third-order valence-electron chi connectivity index (χ3n) is 5.06. The summed E-state index contributed by atoms with van der Waals surface area (Å²) in [6.07, 6.45) is 2.61. The van der Waals surface area contributed by atoms with E-state index in [1.807, 2.05) is 72.8 Å².